The second-order valence-electron chi connectivity index (χ2n) is 2.73. The third-order valence-corrected chi connectivity index (χ3v) is 1.96. The van der Waals surface area contributed by atoms with Gasteiger partial charge in [0.25, 0.3) is 0 Å². The standard InChI is InChI=1S/C9H7N2O3/c1-14-9(12)7-2-4-10-8-6(7)3-5-11(8)13/h2-5H,1H3/q-1. The first-order valence-corrected chi connectivity index (χ1v) is 3.96. The molecule has 2 aromatic rings. The Morgan fingerprint density at radius 3 is 3.07 bits per heavy atom. The number of hydrogen-bond donors (Lipinski definition) is 0. The van der Waals surface area contributed by atoms with E-state index in [9.17, 15) is 10.0 Å². The lowest BCUT2D eigenvalue weighted by atomic mass is 10.2. The molecule has 2 rings (SSSR count). The van der Waals surface area contributed by atoms with Crippen molar-refractivity contribution in [3.8, 4) is 0 Å². The monoisotopic (exact) mass is 191 g/mol. The van der Waals surface area contributed by atoms with E-state index in [1.165, 1.54) is 25.6 Å². The van der Waals surface area contributed by atoms with Crippen LogP contribution in [0.2, 0.25) is 0 Å². The maximum absolute atomic E-state index is 11.3. The quantitative estimate of drug-likeness (QED) is 0.634. The number of hydrogen-bond acceptors (Lipinski definition) is 4. The van der Waals surface area contributed by atoms with Gasteiger partial charge in [-0.05, 0) is 12.1 Å². The van der Waals surface area contributed by atoms with Gasteiger partial charge >= 0.3 is 5.97 Å². The molecule has 0 atom stereocenters. The summed E-state index contributed by atoms with van der Waals surface area (Å²) in [6, 6.07) is 3.07. The number of ether oxygens (including phenoxy) is 1. The number of aromatic nitrogens is 2. The molecule has 0 saturated heterocycles. The molecule has 0 spiro atoms. The molecule has 0 aliphatic carbocycles. The summed E-state index contributed by atoms with van der Waals surface area (Å²) < 4.78 is 5.19. The molecule has 14 heavy (non-hydrogen) atoms. The van der Waals surface area contributed by atoms with Gasteiger partial charge in [-0.1, -0.05) is 0 Å². The minimum atomic E-state index is -0.469. The van der Waals surface area contributed by atoms with E-state index < -0.39 is 5.97 Å². The normalized spacial score (nSPS) is 10.4. The number of pyridine rings is 1. The highest BCUT2D eigenvalue weighted by Gasteiger charge is 2.11. The fraction of sp³-hybridized carbons (Fsp3) is 0.111. The topological polar surface area (TPSA) is 67.2 Å². The highest BCUT2D eigenvalue weighted by atomic mass is 16.5. The molecule has 0 unspecified atom stereocenters. The van der Waals surface area contributed by atoms with E-state index in [0.29, 0.717) is 15.7 Å². The SMILES string of the molecule is COC(=O)c1ccnc2c1ccn2[O-]. The van der Waals surface area contributed by atoms with Crippen molar-refractivity contribution in [2.75, 3.05) is 7.11 Å². The number of methoxy groups -OCH3 is 1. The molecule has 0 aromatic carbocycles. The zero-order valence-electron chi connectivity index (χ0n) is 7.43. The van der Waals surface area contributed by atoms with Crippen molar-refractivity contribution >= 4 is 17.0 Å². The Morgan fingerprint density at radius 1 is 1.57 bits per heavy atom. The minimum Gasteiger partial charge on any atom is -0.805 e. The van der Waals surface area contributed by atoms with Crippen LogP contribution in [-0.4, -0.2) is 22.8 Å². The predicted octanol–water partition coefficient (Wildman–Crippen LogP) is 1.17. The number of rotatable bonds is 1. The van der Waals surface area contributed by atoms with Crippen LogP contribution in [0.1, 0.15) is 10.4 Å². The van der Waals surface area contributed by atoms with Gasteiger partial charge in [0.2, 0.25) is 0 Å². The summed E-state index contributed by atoms with van der Waals surface area (Å²) in [4.78, 5) is 15.1. The van der Waals surface area contributed by atoms with Gasteiger partial charge in [-0.2, -0.15) is 0 Å². The Hall–Kier alpha value is -2.04. The van der Waals surface area contributed by atoms with E-state index in [2.05, 4.69) is 9.72 Å². The molecule has 0 aliphatic heterocycles. The third-order valence-electron chi connectivity index (χ3n) is 1.96. The van der Waals surface area contributed by atoms with Gasteiger partial charge in [0.15, 0.2) is 0 Å². The molecule has 0 radical (unpaired) electrons. The molecule has 5 nitrogen and oxygen atoms in total. The molecule has 0 amide bonds. The van der Waals surface area contributed by atoms with Crippen molar-refractivity contribution in [2.24, 2.45) is 0 Å². The fourth-order valence-corrected chi connectivity index (χ4v) is 1.30. The van der Waals surface area contributed by atoms with Crippen molar-refractivity contribution < 1.29 is 9.53 Å². The Bertz CT molecular complexity index is 490. The number of carbonyl (C=O) groups is 1. The molecule has 0 N–H and O–H groups in total. The van der Waals surface area contributed by atoms with Crippen molar-refractivity contribution in [1.29, 1.82) is 0 Å². The summed E-state index contributed by atoms with van der Waals surface area (Å²) in [5.41, 5.74) is 0.583. The zero-order chi connectivity index (χ0) is 10.1. The second-order valence-corrected chi connectivity index (χ2v) is 2.73. The number of fused-ring (bicyclic) bond motifs is 1. The van der Waals surface area contributed by atoms with Crippen LogP contribution in [0.3, 0.4) is 0 Å². The Balaban J connectivity index is 2.71. The summed E-state index contributed by atoms with van der Waals surface area (Å²) in [5.74, 6) is -0.469. The average Bonchev–Trinajstić information content (AvgIpc) is 2.59. The van der Waals surface area contributed by atoms with Crippen LogP contribution in [0, 0.1) is 5.21 Å². The lowest BCUT2D eigenvalue weighted by molar-refractivity contribution is 0.0603. The maximum atomic E-state index is 11.3. The van der Waals surface area contributed by atoms with Gasteiger partial charge in [0, 0.05) is 17.8 Å². The van der Waals surface area contributed by atoms with Crippen LogP contribution < -0.4 is 0 Å². The maximum Gasteiger partial charge on any atom is 0.338 e. The molecule has 0 bridgehead atoms. The van der Waals surface area contributed by atoms with Crippen LogP contribution in [0.5, 0.6) is 0 Å². The minimum absolute atomic E-state index is 0.230. The summed E-state index contributed by atoms with van der Waals surface area (Å²) in [7, 11) is 1.29. The van der Waals surface area contributed by atoms with E-state index >= 15 is 0 Å². The smallest absolute Gasteiger partial charge is 0.338 e. The lowest BCUT2D eigenvalue weighted by Crippen LogP contribution is -2.02. The molecule has 2 heterocycles. The van der Waals surface area contributed by atoms with Crippen molar-refractivity contribution in [3.05, 3.63) is 35.3 Å². The lowest BCUT2D eigenvalue weighted by Gasteiger charge is -2.06. The molecule has 72 valence electrons. The Labute approximate surface area is 79.5 Å². The van der Waals surface area contributed by atoms with Crippen LogP contribution in [0.4, 0.5) is 0 Å². The third kappa shape index (κ3) is 1.10. The molecular weight excluding hydrogens is 184 g/mol. The van der Waals surface area contributed by atoms with E-state index in [1.54, 1.807) is 6.07 Å². The second kappa shape index (κ2) is 3.02. The van der Waals surface area contributed by atoms with E-state index in [1.807, 2.05) is 0 Å². The predicted molar refractivity (Wildman–Crippen MR) is 49.8 cm³/mol. The largest absolute Gasteiger partial charge is 0.805 e. The average molecular weight is 191 g/mol. The summed E-state index contributed by atoms with van der Waals surface area (Å²) in [6.45, 7) is 0. The van der Waals surface area contributed by atoms with Gasteiger partial charge in [-0.25, -0.2) is 9.78 Å². The van der Waals surface area contributed by atoms with Crippen molar-refractivity contribution in [1.82, 2.24) is 9.71 Å². The number of esters is 1. The molecular formula is C9H7N2O3-. The highest BCUT2D eigenvalue weighted by Crippen LogP contribution is 2.17. The van der Waals surface area contributed by atoms with Gasteiger partial charge in [0.1, 0.15) is 5.65 Å². The van der Waals surface area contributed by atoms with Crippen molar-refractivity contribution in [3.63, 3.8) is 0 Å². The number of carbonyl (C=O) groups excluding carboxylic acids is 1. The number of nitrogens with zero attached hydrogens (tertiary/aromatic N) is 2. The first kappa shape index (κ1) is 8.55. The zero-order valence-corrected chi connectivity index (χ0v) is 7.43. The molecule has 5 heteroatoms. The molecule has 2 aromatic heterocycles. The Morgan fingerprint density at radius 2 is 2.36 bits per heavy atom. The first-order chi connectivity index (χ1) is 6.74. The van der Waals surface area contributed by atoms with E-state index in [-0.39, 0.29) is 5.65 Å². The van der Waals surface area contributed by atoms with Crippen LogP contribution in [-0.2, 0) is 4.74 Å². The van der Waals surface area contributed by atoms with Gasteiger partial charge in [-0.3, -0.25) is 0 Å². The first-order valence-electron chi connectivity index (χ1n) is 3.96. The molecule has 0 fully saturated rings. The van der Waals surface area contributed by atoms with E-state index in [4.69, 9.17) is 0 Å². The van der Waals surface area contributed by atoms with Crippen molar-refractivity contribution in [2.45, 2.75) is 0 Å². The van der Waals surface area contributed by atoms with E-state index in [0.717, 1.165) is 0 Å². The van der Waals surface area contributed by atoms with Crippen LogP contribution >= 0.6 is 0 Å². The van der Waals surface area contributed by atoms with Gasteiger partial charge in [0.05, 0.1) is 12.7 Å². The van der Waals surface area contributed by atoms with Gasteiger partial charge < -0.3 is 14.7 Å². The van der Waals surface area contributed by atoms with Crippen LogP contribution in [0.15, 0.2) is 24.5 Å². The van der Waals surface area contributed by atoms with Crippen LogP contribution in [0.25, 0.3) is 11.0 Å². The Kier molecular flexibility index (Phi) is 1.85. The summed E-state index contributed by atoms with van der Waals surface area (Å²) in [6.07, 6.45) is 2.72. The fourth-order valence-electron chi connectivity index (χ4n) is 1.30. The van der Waals surface area contributed by atoms with Gasteiger partial charge in [-0.15, -0.1) is 0 Å². The molecule has 0 aliphatic rings. The molecule has 0 saturated carbocycles. The highest BCUT2D eigenvalue weighted by molar-refractivity contribution is 6.02. The summed E-state index contributed by atoms with van der Waals surface area (Å²) >= 11 is 0. The summed E-state index contributed by atoms with van der Waals surface area (Å²) in [5, 5.41) is 11.7.